The Morgan fingerprint density at radius 2 is 2.00 bits per heavy atom. The molecule has 0 spiro atoms. The minimum atomic E-state index is -0.849. The lowest BCUT2D eigenvalue weighted by Crippen LogP contribution is -2.38. The molecular weight excluding hydrogens is 252 g/mol. The maximum Gasteiger partial charge on any atom is 0.204 e. The van der Waals surface area contributed by atoms with Crippen molar-refractivity contribution in [1.82, 2.24) is 0 Å². The predicted molar refractivity (Wildman–Crippen MR) is 78.2 cm³/mol. The number of benzene rings is 1. The first-order chi connectivity index (χ1) is 9.64. The molecule has 108 valence electrons. The van der Waals surface area contributed by atoms with Gasteiger partial charge >= 0.3 is 0 Å². The average molecular weight is 274 g/mol. The van der Waals surface area contributed by atoms with Crippen LogP contribution in [0.25, 0.3) is 0 Å². The van der Waals surface area contributed by atoms with Crippen molar-refractivity contribution in [2.24, 2.45) is 0 Å². The second kappa shape index (κ2) is 6.71. The van der Waals surface area contributed by atoms with E-state index in [0.717, 1.165) is 30.6 Å². The van der Waals surface area contributed by atoms with Crippen molar-refractivity contribution in [2.75, 3.05) is 6.61 Å². The van der Waals surface area contributed by atoms with Gasteiger partial charge in [0.15, 0.2) is 5.60 Å². The smallest absolute Gasteiger partial charge is 0.204 e. The average Bonchev–Trinajstić information content (AvgIpc) is 2.73. The van der Waals surface area contributed by atoms with E-state index in [0.29, 0.717) is 6.61 Å². The van der Waals surface area contributed by atoms with Crippen molar-refractivity contribution >= 4 is 5.78 Å². The molecule has 0 saturated heterocycles. The zero-order chi connectivity index (χ0) is 14.4. The molecule has 0 fully saturated rings. The van der Waals surface area contributed by atoms with Gasteiger partial charge in [-0.15, -0.1) is 0 Å². The zero-order valence-electron chi connectivity index (χ0n) is 12.2. The Kier molecular flexibility index (Phi) is 4.96. The Morgan fingerprint density at radius 3 is 2.70 bits per heavy atom. The molecule has 0 aliphatic carbocycles. The van der Waals surface area contributed by atoms with E-state index in [1.54, 1.807) is 13.0 Å². The molecule has 2 rings (SSSR count). The second-order valence-corrected chi connectivity index (χ2v) is 5.39. The van der Waals surface area contributed by atoms with Gasteiger partial charge < -0.3 is 9.47 Å². The van der Waals surface area contributed by atoms with Crippen molar-refractivity contribution in [3.8, 4) is 0 Å². The van der Waals surface area contributed by atoms with Gasteiger partial charge in [-0.2, -0.15) is 0 Å². The molecule has 0 bridgehead atoms. The first-order valence-corrected chi connectivity index (χ1v) is 7.20. The molecule has 1 atom stereocenters. The number of carbonyl (C=O) groups excluding carboxylic acids is 1. The first-order valence-electron chi connectivity index (χ1n) is 7.20. The Bertz CT molecular complexity index is 478. The molecule has 1 unspecified atom stereocenters. The Labute approximate surface area is 120 Å². The van der Waals surface area contributed by atoms with E-state index < -0.39 is 5.60 Å². The molecule has 1 aromatic rings. The lowest BCUT2D eigenvalue weighted by molar-refractivity contribution is -0.135. The van der Waals surface area contributed by atoms with Crippen LogP contribution in [0.15, 0.2) is 42.2 Å². The van der Waals surface area contributed by atoms with Gasteiger partial charge in [0.05, 0.1) is 13.2 Å². The Balaban J connectivity index is 1.82. The van der Waals surface area contributed by atoms with Gasteiger partial charge in [-0.25, -0.2) is 0 Å². The quantitative estimate of drug-likeness (QED) is 0.761. The summed E-state index contributed by atoms with van der Waals surface area (Å²) in [7, 11) is 0. The van der Waals surface area contributed by atoms with E-state index in [2.05, 4.69) is 6.92 Å². The zero-order valence-corrected chi connectivity index (χ0v) is 12.2. The van der Waals surface area contributed by atoms with Crippen LogP contribution in [-0.4, -0.2) is 18.0 Å². The summed E-state index contributed by atoms with van der Waals surface area (Å²) in [4.78, 5) is 12.0. The fourth-order valence-electron chi connectivity index (χ4n) is 2.18. The normalized spacial score (nSPS) is 21.7. The molecule has 3 nitrogen and oxygen atoms in total. The minimum Gasteiger partial charge on any atom is -0.481 e. The van der Waals surface area contributed by atoms with E-state index in [9.17, 15) is 4.79 Å². The van der Waals surface area contributed by atoms with E-state index in [1.807, 2.05) is 30.3 Å². The SMILES string of the molecule is CCCCC1=CC(=O)C(C)(COCc2ccccc2)O1. The Hall–Kier alpha value is -1.61. The monoisotopic (exact) mass is 274 g/mol. The van der Waals surface area contributed by atoms with Crippen LogP contribution < -0.4 is 0 Å². The van der Waals surface area contributed by atoms with E-state index in [1.165, 1.54) is 0 Å². The summed E-state index contributed by atoms with van der Waals surface area (Å²) in [6.07, 6.45) is 4.59. The van der Waals surface area contributed by atoms with Crippen LogP contribution in [0.5, 0.6) is 0 Å². The highest BCUT2D eigenvalue weighted by molar-refractivity contribution is 5.99. The van der Waals surface area contributed by atoms with Crippen LogP contribution in [0.1, 0.15) is 38.7 Å². The standard InChI is InChI=1S/C17H22O3/c1-3-4-10-15-11-16(18)17(2,20-15)13-19-12-14-8-6-5-7-9-14/h5-9,11H,3-4,10,12-13H2,1-2H3. The van der Waals surface area contributed by atoms with Gasteiger partial charge in [0.25, 0.3) is 0 Å². The Morgan fingerprint density at radius 1 is 1.25 bits per heavy atom. The van der Waals surface area contributed by atoms with Gasteiger partial charge in [-0.3, -0.25) is 4.79 Å². The van der Waals surface area contributed by atoms with Crippen molar-refractivity contribution in [3.05, 3.63) is 47.7 Å². The number of unbranched alkanes of at least 4 members (excludes halogenated alkanes) is 1. The maximum absolute atomic E-state index is 12.0. The topological polar surface area (TPSA) is 35.5 Å². The number of hydrogen-bond acceptors (Lipinski definition) is 3. The molecular formula is C17H22O3. The van der Waals surface area contributed by atoms with Crippen molar-refractivity contribution < 1.29 is 14.3 Å². The van der Waals surface area contributed by atoms with Gasteiger partial charge in [-0.05, 0) is 18.9 Å². The van der Waals surface area contributed by atoms with Gasteiger partial charge in [-0.1, -0.05) is 43.7 Å². The number of carbonyl (C=O) groups is 1. The maximum atomic E-state index is 12.0. The summed E-state index contributed by atoms with van der Waals surface area (Å²) in [6, 6.07) is 9.93. The third-order valence-corrected chi connectivity index (χ3v) is 3.44. The molecule has 0 saturated carbocycles. The van der Waals surface area contributed by atoms with Crippen molar-refractivity contribution in [2.45, 2.75) is 45.3 Å². The molecule has 1 aliphatic heterocycles. The summed E-state index contributed by atoms with van der Waals surface area (Å²) < 4.78 is 11.4. The highest BCUT2D eigenvalue weighted by atomic mass is 16.6. The number of ether oxygens (including phenoxy) is 2. The van der Waals surface area contributed by atoms with Crippen LogP contribution in [0.3, 0.4) is 0 Å². The number of hydrogen-bond donors (Lipinski definition) is 0. The molecule has 0 aromatic heterocycles. The lowest BCUT2D eigenvalue weighted by atomic mass is 10.0. The molecule has 3 heteroatoms. The fraction of sp³-hybridized carbons (Fsp3) is 0.471. The summed E-state index contributed by atoms with van der Waals surface area (Å²) in [5, 5.41) is 0. The molecule has 1 aromatic carbocycles. The van der Waals surface area contributed by atoms with Crippen molar-refractivity contribution in [1.29, 1.82) is 0 Å². The molecule has 1 heterocycles. The summed E-state index contributed by atoms with van der Waals surface area (Å²) in [5.41, 5.74) is 0.249. The number of allylic oxidation sites excluding steroid dienone is 1. The van der Waals surface area contributed by atoms with Crippen molar-refractivity contribution in [3.63, 3.8) is 0 Å². The minimum absolute atomic E-state index is 0.0108. The molecule has 1 aliphatic rings. The highest BCUT2D eigenvalue weighted by Crippen LogP contribution is 2.28. The van der Waals surface area contributed by atoms with Crippen LogP contribution in [0.2, 0.25) is 0 Å². The van der Waals surface area contributed by atoms with E-state index in [4.69, 9.17) is 9.47 Å². The first kappa shape index (κ1) is 14.8. The molecule has 0 radical (unpaired) electrons. The second-order valence-electron chi connectivity index (χ2n) is 5.39. The van der Waals surface area contributed by atoms with E-state index >= 15 is 0 Å². The van der Waals surface area contributed by atoms with Gasteiger partial charge in [0.2, 0.25) is 5.78 Å². The third-order valence-electron chi connectivity index (χ3n) is 3.44. The lowest BCUT2D eigenvalue weighted by Gasteiger charge is -2.23. The number of ketones is 1. The van der Waals surface area contributed by atoms with Crippen LogP contribution >= 0.6 is 0 Å². The summed E-state index contributed by atoms with van der Waals surface area (Å²) >= 11 is 0. The molecule has 0 N–H and O–H groups in total. The van der Waals surface area contributed by atoms with E-state index in [-0.39, 0.29) is 12.4 Å². The number of rotatable bonds is 7. The van der Waals surface area contributed by atoms with Crippen LogP contribution in [-0.2, 0) is 20.9 Å². The third kappa shape index (κ3) is 3.70. The largest absolute Gasteiger partial charge is 0.481 e. The molecule has 20 heavy (non-hydrogen) atoms. The fourth-order valence-corrected chi connectivity index (χ4v) is 2.18. The predicted octanol–water partition coefficient (Wildman–Crippen LogP) is 3.64. The molecule has 0 amide bonds. The van der Waals surface area contributed by atoms with Gasteiger partial charge in [0, 0.05) is 12.5 Å². The van der Waals surface area contributed by atoms with Crippen LogP contribution in [0.4, 0.5) is 0 Å². The summed E-state index contributed by atoms with van der Waals surface area (Å²) in [6.45, 7) is 4.71. The van der Waals surface area contributed by atoms with Gasteiger partial charge in [0.1, 0.15) is 5.76 Å². The highest BCUT2D eigenvalue weighted by Gasteiger charge is 2.40. The summed E-state index contributed by atoms with van der Waals surface area (Å²) in [5.74, 6) is 0.805. The van der Waals surface area contributed by atoms with Crippen LogP contribution in [0, 0.1) is 0 Å².